The van der Waals surface area contributed by atoms with Crippen LogP contribution in [-0.4, -0.2) is 30.1 Å². The predicted molar refractivity (Wildman–Crippen MR) is 86.8 cm³/mol. The van der Waals surface area contributed by atoms with E-state index in [2.05, 4.69) is 61.3 Å². The molecule has 0 saturated carbocycles. The maximum Gasteiger partial charge on any atom is 0.0234 e. The van der Waals surface area contributed by atoms with Gasteiger partial charge in [0.05, 0.1) is 0 Å². The van der Waals surface area contributed by atoms with E-state index in [1.165, 1.54) is 37.9 Å². The van der Waals surface area contributed by atoms with Crippen LogP contribution in [-0.2, 0) is 6.54 Å². The van der Waals surface area contributed by atoms with Crippen molar-refractivity contribution in [2.45, 2.75) is 58.7 Å². The lowest BCUT2D eigenvalue weighted by Gasteiger charge is -2.26. The largest absolute Gasteiger partial charge is 0.310 e. The van der Waals surface area contributed by atoms with Crippen molar-refractivity contribution in [1.29, 1.82) is 0 Å². The molecule has 1 saturated heterocycles. The molecule has 1 aromatic rings. The Morgan fingerprint density at radius 1 is 1.20 bits per heavy atom. The first-order valence-electron chi connectivity index (χ1n) is 8.25. The zero-order chi connectivity index (χ0) is 14.4. The number of rotatable bonds is 7. The van der Waals surface area contributed by atoms with Crippen LogP contribution in [0.1, 0.15) is 45.6 Å². The Hall–Kier alpha value is -0.860. The molecule has 1 fully saturated rings. The summed E-state index contributed by atoms with van der Waals surface area (Å²) in [4.78, 5) is 2.58. The molecule has 0 aliphatic carbocycles. The Balaban J connectivity index is 1.77. The van der Waals surface area contributed by atoms with Crippen molar-refractivity contribution in [3.05, 3.63) is 35.9 Å². The van der Waals surface area contributed by atoms with Gasteiger partial charge < -0.3 is 5.32 Å². The first-order valence-corrected chi connectivity index (χ1v) is 8.25. The molecule has 1 N–H and O–H groups in total. The van der Waals surface area contributed by atoms with Crippen LogP contribution in [0.4, 0.5) is 0 Å². The summed E-state index contributed by atoms with van der Waals surface area (Å²) in [5, 5.41) is 3.85. The van der Waals surface area contributed by atoms with Crippen molar-refractivity contribution < 1.29 is 0 Å². The second kappa shape index (κ2) is 7.80. The topological polar surface area (TPSA) is 15.3 Å². The summed E-state index contributed by atoms with van der Waals surface area (Å²) in [5.74, 6) is 0.818. The Morgan fingerprint density at radius 2 is 1.90 bits per heavy atom. The molecule has 0 radical (unpaired) electrons. The van der Waals surface area contributed by atoms with Crippen LogP contribution in [0.3, 0.4) is 0 Å². The summed E-state index contributed by atoms with van der Waals surface area (Å²) in [5.41, 5.74) is 1.43. The summed E-state index contributed by atoms with van der Waals surface area (Å²) in [7, 11) is 0. The molecule has 0 amide bonds. The van der Waals surface area contributed by atoms with Crippen LogP contribution < -0.4 is 5.32 Å². The highest BCUT2D eigenvalue weighted by molar-refractivity contribution is 5.14. The third-order valence-corrected chi connectivity index (χ3v) is 4.78. The Bertz CT molecular complexity index is 372. The first-order chi connectivity index (χ1) is 9.72. The summed E-state index contributed by atoms with van der Waals surface area (Å²) in [6.45, 7) is 10.5. The molecule has 20 heavy (non-hydrogen) atoms. The third kappa shape index (κ3) is 4.32. The van der Waals surface area contributed by atoms with Gasteiger partial charge in [0.1, 0.15) is 0 Å². The lowest BCUT2D eigenvalue weighted by atomic mass is 9.95. The van der Waals surface area contributed by atoms with Crippen LogP contribution in [0.2, 0.25) is 0 Å². The van der Waals surface area contributed by atoms with Gasteiger partial charge in [-0.15, -0.1) is 0 Å². The summed E-state index contributed by atoms with van der Waals surface area (Å²) < 4.78 is 0. The van der Waals surface area contributed by atoms with E-state index in [4.69, 9.17) is 0 Å². The molecule has 2 unspecified atom stereocenters. The monoisotopic (exact) mass is 274 g/mol. The smallest absolute Gasteiger partial charge is 0.0234 e. The molecule has 112 valence electrons. The minimum absolute atomic E-state index is 0.645. The number of nitrogens with one attached hydrogen (secondary N) is 1. The zero-order valence-corrected chi connectivity index (χ0v) is 13.3. The molecule has 1 aromatic carbocycles. The van der Waals surface area contributed by atoms with Gasteiger partial charge in [-0.3, -0.25) is 4.90 Å². The molecule has 1 heterocycles. The molecule has 2 heteroatoms. The maximum atomic E-state index is 3.85. The van der Waals surface area contributed by atoms with Gasteiger partial charge in [0, 0.05) is 31.7 Å². The van der Waals surface area contributed by atoms with Gasteiger partial charge in [-0.05, 0) is 24.8 Å². The predicted octanol–water partition coefficient (Wildman–Crippen LogP) is 3.68. The van der Waals surface area contributed by atoms with Gasteiger partial charge in [0.15, 0.2) is 0 Å². The normalized spacial score (nSPS) is 21.5. The standard InChI is InChI=1S/C18H30N2/c1-4-17(5-2)15(3)19-18-11-12-20(14-18)13-16-9-7-6-8-10-16/h6-10,15,17-19H,4-5,11-14H2,1-3H3. The van der Waals surface area contributed by atoms with Gasteiger partial charge in [-0.2, -0.15) is 0 Å². The SMILES string of the molecule is CCC(CC)C(C)NC1CCN(Cc2ccccc2)C1. The first kappa shape index (κ1) is 15.5. The number of likely N-dealkylation sites (tertiary alicyclic amines) is 1. The van der Waals surface area contributed by atoms with Crippen LogP contribution in [0.5, 0.6) is 0 Å². The molecule has 0 spiro atoms. The van der Waals surface area contributed by atoms with Crippen molar-refractivity contribution in [2.75, 3.05) is 13.1 Å². The highest BCUT2D eigenvalue weighted by Crippen LogP contribution is 2.17. The van der Waals surface area contributed by atoms with E-state index in [1.807, 2.05) is 0 Å². The van der Waals surface area contributed by atoms with Crippen molar-refractivity contribution in [3.63, 3.8) is 0 Å². The molecule has 2 atom stereocenters. The van der Waals surface area contributed by atoms with Crippen molar-refractivity contribution >= 4 is 0 Å². The van der Waals surface area contributed by atoms with E-state index in [0.717, 1.165) is 12.5 Å². The van der Waals surface area contributed by atoms with Gasteiger partial charge in [-0.25, -0.2) is 0 Å². The average Bonchev–Trinajstić information content (AvgIpc) is 2.88. The van der Waals surface area contributed by atoms with Gasteiger partial charge in [0.2, 0.25) is 0 Å². The summed E-state index contributed by atoms with van der Waals surface area (Å²) in [6.07, 6.45) is 3.85. The Labute approximate surface area is 124 Å². The summed E-state index contributed by atoms with van der Waals surface area (Å²) in [6, 6.07) is 12.1. The average molecular weight is 274 g/mol. The van der Waals surface area contributed by atoms with E-state index in [-0.39, 0.29) is 0 Å². The van der Waals surface area contributed by atoms with Crippen molar-refractivity contribution in [3.8, 4) is 0 Å². The van der Waals surface area contributed by atoms with Crippen molar-refractivity contribution in [1.82, 2.24) is 10.2 Å². The highest BCUT2D eigenvalue weighted by Gasteiger charge is 2.25. The molecule has 2 rings (SSSR count). The second-order valence-electron chi connectivity index (χ2n) is 6.24. The number of hydrogen-bond donors (Lipinski definition) is 1. The minimum Gasteiger partial charge on any atom is -0.310 e. The molecule has 1 aliphatic heterocycles. The van der Waals surface area contributed by atoms with Crippen LogP contribution >= 0.6 is 0 Å². The molecule has 2 nitrogen and oxygen atoms in total. The van der Waals surface area contributed by atoms with E-state index in [9.17, 15) is 0 Å². The van der Waals surface area contributed by atoms with Gasteiger partial charge >= 0.3 is 0 Å². The second-order valence-corrected chi connectivity index (χ2v) is 6.24. The lowest BCUT2D eigenvalue weighted by molar-refractivity contribution is 0.292. The number of nitrogens with zero attached hydrogens (tertiary/aromatic N) is 1. The zero-order valence-electron chi connectivity index (χ0n) is 13.3. The minimum atomic E-state index is 0.645. The molecular weight excluding hydrogens is 244 g/mol. The van der Waals surface area contributed by atoms with E-state index >= 15 is 0 Å². The van der Waals surface area contributed by atoms with E-state index in [0.29, 0.717) is 12.1 Å². The summed E-state index contributed by atoms with van der Waals surface area (Å²) >= 11 is 0. The molecule has 0 aromatic heterocycles. The molecular formula is C18H30N2. The van der Waals surface area contributed by atoms with Gasteiger partial charge in [-0.1, -0.05) is 57.0 Å². The fourth-order valence-electron chi connectivity index (χ4n) is 3.46. The maximum absolute atomic E-state index is 3.85. The highest BCUT2D eigenvalue weighted by atomic mass is 15.2. The number of benzene rings is 1. The lowest BCUT2D eigenvalue weighted by Crippen LogP contribution is -2.42. The van der Waals surface area contributed by atoms with E-state index < -0.39 is 0 Å². The molecule has 1 aliphatic rings. The fourth-order valence-corrected chi connectivity index (χ4v) is 3.46. The van der Waals surface area contributed by atoms with Crippen LogP contribution in [0.15, 0.2) is 30.3 Å². The van der Waals surface area contributed by atoms with E-state index in [1.54, 1.807) is 0 Å². The van der Waals surface area contributed by atoms with Crippen LogP contribution in [0.25, 0.3) is 0 Å². The Kier molecular flexibility index (Phi) is 6.06. The van der Waals surface area contributed by atoms with Crippen LogP contribution in [0, 0.1) is 5.92 Å². The quantitative estimate of drug-likeness (QED) is 0.816. The van der Waals surface area contributed by atoms with Crippen molar-refractivity contribution in [2.24, 2.45) is 5.92 Å². The Morgan fingerprint density at radius 3 is 2.55 bits per heavy atom. The third-order valence-electron chi connectivity index (χ3n) is 4.78. The van der Waals surface area contributed by atoms with Gasteiger partial charge in [0.25, 0.3) is 0 Å². The fraction of sp³-hybridized carbons (Fsp3) is 0.667. The number of hydrogen-bond acceptors (Lipinski definition) is 2. The molecule has 0 bridgehead atoms.